The molecule has 1 nitrogen and oxygen atoms in total. The van der Waals surface area contributed by atoms with Crippen LogP contribution in [-0.4, -0.2) is 0 Å². The third-order valence-corrected chi connectivity index (χ3v) is 3.53. The Bertz CT molecular complexity index is 393. The summed E-state index contributed by atoms with van der Waals surface area (Å²) in [5.74, 6) is 0.530. The van der Waals surface area contributed by atoms with Crippen molar-refractivity contribution in [3.63, 3.8) is 0 Å². The molecule has 0 unspecified atom stereocenters. The summed E-state index contributed by atoms with van der Waals surface area (Å²) in [6.45, 7) is 4.12. The third-order valence-electron chi connectivity index (χ3n) is 3.53. The molecule has 16 heavy (non-hydrogen) atoms. The molecule has 0 saturated heterocycles. The molecule has 0 aromatic heterocycles. The molecule has 2 rings (SSSR count). The molecule has 0 aliphatic heterocycles. The first-order valence-electron chi connectivity index (χ1n) is 5.97. The first-order valence-corrected chi connectivity index (χ1v) is 5.97. The van der Waals surface area contributed by atoms with Gasteiger partial charge in [0.25, 0.3) is 0 Å². The van der Waals surface area contributed by atoms with E-state index in [2.05, 4.69) is 12.6 Å². The number of allylic oxidation sites excluding steroid dienone is 1. The predicted molar refractivity (Wildman–Crippen MR) is 66.5 cm³/mol. The molecule has 82 valence electrons. The third kappa shape index (κ3) is 2.17. The average molecular weight is 211 g/mol. The van der Waals surface area contributed by atoms with Gasteiger partial charge in [0.15, 0.2) is 0 Å². The van der Waals surface area contributed by atoms with Gasteiger partial charge < -0.3 is 0 Å². The van der Waals surface area contributed by atoms with Gasteiger partial charge >= 0.3 is 0 Å². The Labute approximate surface area is 97.4 Å². The summed E-state index contributed by atoms with van der Waals surface area (Å²) in [6, 6.07) is 12.5. The van der Waals surface area contributed by atoms with E-state index in [4.69, 9.17) is 0 Å². The lowest BCUT2D eigenvalue weighted by molar-refractivity contribution is 0.488. The number of hydrogen-bond acceptors (Lipinski definition) is 1. The minimum Gasteiger partial charge on any atom is -0.198 e. The molecule has 1 saturated carbocycles. The maximum atomic E-state index is 9.31. The molecule has 1 aromatic carbocycles. The summed E-state index contributed by atoms with van der Waals surface area (Å²) < 4.78 is 0. The van der Waals surface area contributed by atoms with Gasteiger partial charge in [0.05, 0.1) is 12.0 Å². The average Bonchev–Trinajstić information content (AvgIpc) is 2.85. The number of nitrogens with zero attached hydrogens (tertiary/aromatic N) is 1. The van der Waals surface area contributed by atoms with E-state index >= 15 is 0 Å². The van der Waals surface area contributed by atoms with Crippen LogP contribution < -0.4 is 0 Å². The van der Waals surface area contributed by atoms with E-state index in [1.807, 2.05) is 30.3 Å². The second kappa shape index (κ2) is 4.99. The number of nitriles is 1. The highest BCUT2D eigenvalue weighted by Gasteiger charge is 2.27. The lowest BCUT2D eigenvalue weighted by Gasteiger charge is -2.18. The summed E-state index contributed by atoms with van der Waals surface area (Å²) in [6.07, 6.45) is 4.91. The Kier molecular flexibility index (Phi) is 3.41. The molecular weight excluding hydrogens is 194 g/mol. The van der Waals surface area contributed by atoms with Crippen LogP contribution in [0, 0.1) is 23.2 Å². The lowest BCUT2D eigenvalue weighted by Crippen LogP contribution is -2.11. The fraction of sp³-hybridized carbons (Fsp3) is 0.400. The Morgan fingerprint density at radius 1 is 1.25 bits per heavy atom. The molecule has 1 fully saturated rings. The first kappa shape index (κ1) is 11.0. The summed E-state index contributed by atoms with van der Waals surface area (Å²) in [5.41, 5.74) is 2.11. The summed E-state index contributed by atoms with van der Waals surface area (Å²) in [4.78, 5) is 0. The Morgan fingerprint density at radius 3 is 2.44 bits per heavy atom. The van der Waals surface area contributed by atoms with Crippen molar-refractivity contribution in [3.8, 4) is 6.07 Å². The van der Waals surface area contributed by atoms with E-state index in [1.54, 1.807) is 0 Å². The Hall–Kier alpha value is -1.55. The van der Waals surface area contributed by atoms with E-state index in [1.165, 1.54) is 25.7 Å². The standard InChI is InChI=1S/C15H17N/c1-12(13-7-3-2-4-8-13)15(11-16)14-9-5-6-10-14/h2-4,7-8,14-15H,1,5-6,9-10H2/t15-/m1/s1. The zero-order valence-corrected chi connectivity index (χ0v) is 9.52. The van der Waals surface area contributed by atoms with Gasteiger partial charge in [-0.1, -0.05) is 49.8 Å². The molecule has 1 atom stereocenters. The zero-order chi connectivity index (χ0) is 11.4. The normalized spacial score (nSPS) is 17.9. The van der Waals surface area contributed by atoms with Crippen LogP contribution in [0.15, 0.2) is 36.9 Å². The second-order valence-electron chi connectivity index (χ2n) is 4.54. The van der Waals surface area contributed by atoms with Crippen LogP contribution in [0.2, 0.25) is 0 Å². The first-order chi connectivity index (χ1) is 7.83. The molecule has 0 N–H and O–H groups in total. The molecule has 1 heteroatoms. The fourth-order valence-corrected chi connectivity index (χ4v) is 2.59. The minimum absolute atomic E-state index is 0.00454. The van der Waals surface area contributed by atoms with Crippen LogP contribution in [-0.2, 0) is 0 Å². The van der Waals surface area contributed by atoms with Crippen LogP contribution in [0.3, 0.4) is 0 Å². The largest absolute Gasteiger partial charge is 0.198 e. The van der Waals surface area contributed by atoms with Gasteiger partial charge in [-0.3, -0.25) is 0 Å². The van der Waals surface area contributed by atoms with Gasteiger partial charge in [0.1, 0.15) is 0 Å². The van der Waals surface area contributed by atoms with Crippen LogP contribution in [0.25, 0.3) is 5.57 Å². The monoisotopic (exact) mass is 211 g/mol. The SMILES string of the molecule is C=C(c1ccccc1)[C@@H](C#N)C1CCCC1. The molecule has 1 aromatic rings. The van der Waals surface area contributed by atoms with Crippen LogP contribution in [0.4, 0.5) is 0 Å². The van der Waals surface area contributed by atoms with Crippen molar-refractivity contribution in [1.29, 1.82) is 5.26 Å². The van der Waals surface area contributed by atoms with Crippen molar-refractivity contribution < 1.29 is 0 Å². The maximum Gasteiger partial charge on any atom is 0.0740 e. The van der Waals surface area contributed by atoms with E-state index < -0.39 is 0 Å². The van der Waals surface area contributed by atoms with Crippen LogP contribution >= 0.6 is 0 Å². The van der Waals surface area contributed by atoms with E-state index in [-0.39, 0.29) is 5.92 Å². The van der Waals surface area contributed by atoms with Gasteiger partial charge in [0, 0.05) is 0 Å². The van der Waals surface area contributed by atoms with Crippen molar-refractivity contribution in [2.24, 2.45) is 11.8 Å². The van der Waals surface area contributed by atoms with E-state index in [0.717, 1.165) is 11.1 Å². The molecule has 0 spiro atoms. The van der Waals surface area contributed by atoms with Crippen LogP contribution in [0.1, 0.15) is 31.2 Å². The summed E-state index contributed by atoms with van der Waals surface area (Å²) in [7, 11) is 0. The summed E-state index contributed by atoms with van der Waals surface area (Å²) in [5, 5.41) is 9.31. The van der Waals surface area contributed by atoms with Gasteiger partial charge in [0.2, 0.25) is 0 Å². The zero-order valence-electron chi connectivity index (χ0n) is 9.52. The lowest BCUT2D eigenvalue weighted by atomic mass is 9.83. The quantitative estimate of drug-likeness (QED) is 0.740. The number of benzene rings is 1. The van der Waals surface area contributed by atoms with Crippen molar-refractivity contribution >= 4 is 5.57 Å². The highest BCUT2D eigenvalue weighted by molar-refractivity contribution is 5.67. The molecule has 0 radical (unpaired) electrons. The molecule has 0 bridgehead atoms. The van der Waals surface area contributed by atoms with Crippen molar-refractivity contribution in [3.05, 3.63) is 42.5 Å². The van der Waals surface area contributed by atoms with Gasteiger partial charge in [-0.2, -0.15) is 5.26 Å². The van der Waals surface area contributed by atoms with E-state index in [0.29, 0.717) is 5.92 Å². The minimum atomic E-state index is 0.00454. The topological polar surface area (TPSA) is 23.8 Å². The van der Waals surface area contributed by atoms with E-state index in [9.17, 15) is 5.26 Å². The number of rotatable bonds is 3. The predicted octanol–water partition coefficient (Wildman–Crippen LogP) is 4.03. The molecule has 1 aliphatic rings. The van der Waals surface area contributed by atoms with Gasteiger partial charge in [-0.15, -0.1) is 0 Å². The van der Waals surface area contributed by atoms with Gasteiger partial charge in [-0.05, 0) is 29.9 Å². The second-order valence-corrected chi connectivity index (χ2v) is 4.54. The molecular formula is C15H17N. The van der Waals surface area contributed by atoms with Crippen LogP contribution in [0.5, 0.6) is 0 Å². The smallest absolute Gasteiger partial charge is 0.0740 e. The maximum absolute atomic E-state index is 9.31. The highest BCUT2D eigenvalue weighted by Crippen LogP contribution is 2.37. The van der Waals surface area contributed by atoms with Gasteiger partial charge in [-0.25, -0.2) is 0 Å². The summed E-state index contributed by atoms with van der Waals surface area (Å²) >= 11 is 0. The van der Waals surface area contributed by atoms with Crippen molar-refractivity contribution in [2.45, 2.75) is 25.7 Å². The fourth-order valence-electron chi connectivity index (χ4n) is 2.59. The molecule has 1 aliphatic carbocycles. The van der Waals surface area contributed by atoms with Crippen molar-refractivity contribution in [1.82, 2.24) is 0 Å². The highest BCUT2D eigenvalue weighted by atomic mass is 14.4. The molecule has 0 amide bonds. The Balaban J connectivity index is 2.16. The number of hydrogen-bond donors (Lipinski definition) is 0. The van der Waals surface area contributed by atoms with Crippen molar-refractivity contribution in [2.75, 3.05) is 0 Å². The molecule has 0 heterocycles. The Morgan fingerprint density at radius 2 is 1.88 bits per heavy atom.